The minimum Gasteiger partial charge on any atom is -0.493 e. The molecule has 2 aromatic carbocycles. The van der Waals surface area contributed by atoms with E-state index in [0.717, 1.165) is 5.56 Å². The molecule has 27 heavy (non-hydrogen) atoms. The van der Waals surface area contributed by atoms with Crippen molar-refractivity contribution in [1.82, 2.24) is 4.90 Å². The van der Waals surface area contributed by atoms with Gasteiger partial charge in [-0.1, -0.05) is 18.2 Å². The number of amides is 1. The van der Waals surface area contributed by atoms with E-state index in [2.05, 4.69) is 0 Å². The largest absolute Gasteiger partial charge is 0.493 e. The third kappa shape index (κ3) is 4.27. The van der Waals surface area contributed by atoms with E-state index < -0.39 is 6.10 Å². The maximum atomic E-state index is 12.9. The number of fused-ring (bicyclic) bond motifs is 1. The molecular weight excluding hydrogens is 346 g/mol. The van der Waals surface area contributed by atoms with Gasteiger partial charge in [0, 0.05) is 13.1 Å². The zero-order chi connectivity index (χ0) is 19.2. The summed E-state index contributed by atoms with van der Waals surface area (Å²) in [7, 11) is 1.61. The van der Waals surface area contributed by atoms with E-state index in [-0.39, 0.29) is 12.5 Å². The average molecular weight is 371 g/mol. The highest BCUT2D eigenvalue weighted by Crippen LogP contribution is 2.32. The number of hydrogen-bond acceptors (Lipinski definition) is 5. The Balaban J connectivity index is 1.71. The van der Waals surface area contributed by atoms with E-state index in [4.69, 9.17) is 18.9 Å². The van der Waals surface area contributed by atoms with Crippen LogP contribution < -0.4 is 18.9 Å². The van der Waals surface area contributed by atoms with Gasteiger partial charge in [0.15, 0.2) is 23.0 Å². The molecule has 0 saturated heterocycles. The number of hydrogen-bond donors (Lipinski definition) is 0. The molecule has 0 unspecified atom stereocenters. The van der Waals surface area contributed by atoms with Crippen LogP contribution in [0.25, 0.3) is 0 Å². The SMILES string of the molecule is CCOc1ccc(CN(CC)C(=O)[C@H]2COc3ccccc3O2)cc1OC. The predicted octanol–water partition coefficient (Wildman–Crippen LogP) is 3.28. The normalized spacial score (nSPS) is 15.1. The van der Waals surface area contributed by atoms with Crippen LogP contribution in [0, 0.1) is 0 Å². The van der Waals surface area contributed by atoms with E-state index in [1.54, 1.807) is 12.0 Å². The van der Waals surface area contributed by atoms with Gasteiger partial charge < -0.3 is 23.8 Å². The molecule has 0 saturated carbocycles. The summed E-state index contributed by atoms with van der Waals surface area (Å²) < 4.78 is 22.5. The Bertz CT molecular complexity index is 792. The van der Waals surface area contributed by atoms with Gasteiger partial charge in [0.05, 0.1) is 13.7 Å². The van der Waals surface area contributed by atoms with Crippen LogP contribution in [0.3, 0.4) is 0 Å². The first kappa shape index (κ1) is 18.9. The fourth-order valence-electron chi connectivity index (χ4n) is 3.00. The van der Waals surface area contributed by atoms with Crippen molar-refractivity contribution in [3.05, 3.63) is 48.0 Å². The van der Waals surface area contributed by atoms with Gasteiger partial charge in [-0.15, -0.1) is 0 Å². The average Bonchev–Trinajstić information content (AvgIpc) is 2.72. The van der Waals surface area contributed by atoms with E-state index in [9.17, 15) is 4.79 Å². The summed E-state index contributed by atoms with van der Waals surface area (Å²) >= 11 is 0. The van der Waals surface area contributed by atoms with Crippen LogP contribution in [0.4, 0.5) is 0 Å². The first-order valence-corrected chi connectivity index (χ1v) is 9.13. The quantitative estimate of drug-likeness (QED) is 0.748. The third-order valence-corrected chi connectivity index (χ3v) is 4.38. The number of methoxy groups -OCH3 is 1. The van der Waals surface area contributed by atoms with Gasteiger partial charge in [-0.2, -0.15) is 0 Å². The van der Waals surface area contributed by atoms with Crippen LogP contribution >= 0.6 is 0 Å². The number of carbonyl (C=O) groups is 1. The van der Waals surface area contributed by atoms with Gasteiger partial charge in [-0.3, -0.25) is 4.79 Å². The van der Waals surface area contributed by atoms with Crippen molar-refractivity contribution in [1.29, 1.82) is 0 Å². The van der Waals surface area contributed by atoms with Gasteiger partial charge in [0.1, 0.15) is 6.61 Å². The fraction of sp³-hybridized carbons (Fsp3) is 0.381. The number of ether oxygens (including phenoxy) is 4. The standard InChI is InChI=1S/C21H25NO5/c1-4-22(13-15-10-11-17(25-5-2)19(12-15)24-3)21(23)20-14-26-16-8-6-7-9-18(16)27-20/h6-12,20H,4-5,13-14H2,1-3H3/t20-/m1/s1. The predicted molar refractivity (Wildman–Crippen MR) is 102 cm³/mol. The summed E-state index contributed by atoms with van der Waals surface area (Å²) in [5.74, 6) is 2.52. The molecule has 0 fully saturated rings. The zero-order valence-corrected chi connectivity index (χ0v) is 15.9. The van der Waals surface area contributed by atoms with Gasteiger partial charge >= 0.3 is 0 Å². The number of carbonyl (C=O) groups excluding carboxylic acids is 1. The number of nitrogens with zero attached hydrogens (tertiary/aromatic N) is 1. The molecule has 1 amide bonds. The second-order valence-corrected chi connectivity index (χ2v) is 6.13. The summed E-state index contributed by atoms with van der Waals surface area (Å²) in [5.41, 5.74) is 0.961. The van der Waals surface area contributed by atoms with Gasteiger partial charge in [0.25, 0.3) is 5.91 Å². The maximum Gasteiger partial charge on any atom is 0.267 e. The highest BCUT2D eigenvalue weighted by atomic mass is 16.6. The molecule has 0 aliphatic carbocycles. The van der Waals surface area contributed by atoms with Gasteiger partial charge in [0.2, 0.25) is 6.10 Å². The first-order chi connectivity index (χ1) is 13.2. The number of benzene rings is 2. The Morgan fingerprint density at radius 1 is 1.15 bits per heavy atom. The molecular formula is C21H25NO5. The molecule has 0 radical (unpaired) electrons. The number of likely N-dealkylation sites (N-methyl/N-ethyl adjacent to an activating group) is 1. The highest BCUT2D eigenvalue weighted by molar-refractivity contribution is 5.82. The Hall–Kier alpha value is -2.89. The lowest BCUT2D eigenvalue weighted by molar-refractivity contribution is -0.141. The molecule has 6 nitrogen and oxygen atoms in total. The summed E-state index contributed by atoms with van der Waals surface area (Å²) in [5, 5.41) is 0. The van der Waals surface area contributed by atoms with Crippen molar-refractivity contribution >= 4 is 5.91 Å². The summed E-state index contributed by atoms with van der Waals surface area (Å²) in [6.07, 6.45) is -0.649. The molecule has 0 aromatic heterocycles. The molecule has 1 heterocycles. The lowest BCUT2D eigenvalue weighted by atomic mass is 10.1. The van der Waals surface area contributed by atoms with Gasteiger partial charge in [-0.05, 0) is 43.7 Å². The van der Waals surface area contributed by atoms with Crippen molar-refractivity contribution in [3.8, 4) is 23.0 Å². The van der Waals surface area contributed by atoms with E-state index in [1.807, 2.05) is 56.3 Å². The van der Waals surface area contributed by atoms with Crippen LogP contribution in [0.1, 0.15) is 19.4 Å². The summed E-state index contributed by atoms with van der Waals surface area (Å²) in [6.45, 7) is 5.67. The summed E-state index contributed by atoms with van der Waals surface area (Å²) in [4.78, 5) is 14.7. The van der Waals surface area contributed by atoms with Crippen molar-refractivity contribution in [3.63, 3.8) is 0 Å². The minimum atomic E-state index is -0.649. The van der Waals surface area contributed by atoms with Crippen LogP contribution in [-0.2, 0) is 11.3 Å². The Morgan fingerprint density at radius 2 is 1.93 bits per heavy atom. The molecule has 3 rings (SSSR count). The first-order valence-electron chi connectivity index (χ1n) is 9.13. The van der Waals surface area contributed by atoms with E-state index in [0.29, 0.717) is 42.7 Å². The lowest BCUT2D eigenvalue weighted by Crippen LogP contribution is -2.46. The second-order valence-electron chi connectivity index (χ2n) is 6.13. The molecule has 2 aromatic rings. The highest BCUT2D eigenvalue weighted by Gasteiger charge is 2.30. The molecule has 0 spiro atoms. The van der Waals surface area contributed by atoms with Crippen molar-refractivity contribution in [2.45, 2.75) is 26.5 Å². The molecule has 144 valence electrons. The van der Waals surface area contributed by atoms with Crippen LogP contribution in [0.5, 0.6) is 23.0 Å². The lowest BCUT2D eigenvalue weighted by Gasteiger charge is -2.30. The van der Waals surface area contributed by atoms with Crippen molar-refractivity contribution in [2.75, 3.05) is 26.9 Å². The van der Waals surface area contributed by atoms with E-state index >= 15 is 0 Å². The summed E-state index contributed by atoms with van der Waals surface area (Å²) in [6, 6.07) is 13.1. The Kier molecular flexibility index (Phi) is 6.06. The molecule has 6 heteroatoms. The van der Waals surface area contributed by atoms with E-state index in [1.165, 1.54) is 0 Å². The van der Waals surface area contributed by atoms with Crippen LogP contribution in [-0.4, -0.2) is 43.8 Å². The number of para-hydroxylation sites is 2. The van der Waals surface area contributed by atoms with Crippen molar-refractivity contribution in [2.24, 2.45) is 0 Å². The Labute approximate surface area is 159 Å². The fourth-order valence-corrected chi connectivity index (χ4v) is 3.00. The number of rotatable bonds is 7. The molecule has 1 aliphatic heterocycles. The van der Waals surface area contributed by atoms with Gasteiger partial charge in [-0.25, -0.2) is 0 Å². The third-order valence-electron chi connectivity index (χ3n) is 4.38. The topological polar surface area (TPSA) is 57.2 Å². The van der Waals surface area contributed by atoms with Crippen LogP contribution in [0.2, 0.25) is 0 Å². The minimum absolute atomic E-state index is 0.0974. The zero-order valence-electron chi connectivity index (χ0n) is 15.9. The van der Waals surface area contributed by atoms with Crippen LogP contribution in [0.15, 0.2) is 42.5 Å². The molecule has 0 N–H and O–H groups in total. The molecule has 0 bridgehead atoms. The molecule has 1 atom stereocenters. The monoisotopic (exact) mass is 371 g/mol. The maximum absolute atomic E-state index is 12.9. The Morgan fingerprint density at radius 3 is 2.63 bits per heavy atom. The molecule has 1 aliphatic rings. The smallest absolute Gasteiger partial charge is 0.267 e. The van der Waals surface area contributed by atoms with Crippen molar-refractivity contribution < 1.29 is 23.7 Å². The second kappa shape index (κ2) is 8.66.